The summed E-state index contributed by atoms with van der Waals surface area (Å²) in [5, 5.41) is 0. The minimum Gasteiger partial charge on any atom is -0.299 e. The second-order valence-electron chi connectivity index (χ2n) is 2.98. The van der Waals surface area contributed by atoms with Gasteiger partial charge in [0.05, 0.1) is 0 Å². The molecule has 0 amide bonds. The molecule has 0 rings (SSSR count). The fraction of sp³-hybridized carbons (Fsp3) is 0.636. The Bertz CT molecular complexity index is 120. The van der Waals surface area contributed by atoms with Gasteiger partial charge in [-0.3, -0.25) is 4.90 Å². The third-order valence-corrected chi connectivity index (χ3v) is 1.64. The lowest BCUT2D eigenvalue weighted by Crippen LogP contribution is -2.17. The monoisotopic (exact) mass is 167 g/mol. The molecule has 0 radical (unpaired) electrons. The van der Waals surface area contributed by atoms with Gasteiger partial charge in [0.25, 0.3) is 0 Å². The van der Waals surface area contributed by atoms with E-state index in [0.29, 0.717) is 0 Å². The molecule has 0 aliphatic heterocycles. The van der Waals surface area contributed by atoms with E-state index in [9.17, 15) is 0 Å². The number of allylic oxidation sites excluding steroid dienone is 2. The Hall–Kier alpha value is -0.560. The topological polar surface area (TPSA) is 3.24 Å². The van der Waals surface area contributed by atoms with Gasteiger partial charge < -0.3 is 0 Å². The van der Waals surface area contributed by atoms with Crippen LogP contribution in [0.3, 0.4) is 0 Å². The molecule has 0 aromatic heterocycles. The van der Waals surface area contributed by atoms with E-state index in [2.05, 4.69) is 50.1 Å². The van der Waals surface area contributed by atoms with Crippen molar-refractivity contribution in [3.05, 3.63) is 24.3 Å². The summed E-state index contributed by atoms with van der Waals surface area (Å²) in [6.45, 7) is 6.44. The fourth-order valence-electron chi connectivity index (χ4n) is 0.917. The Morgan fingerprint density at radius 3 is 1.58 bits per heavy atom. The van der Waals surface area contributed by atoms with Gasteiger partial charge in [-0.15, -0.1) is 0 Å². The fourth-order valence-corrected chi connectivity index (χ4v) is 0.917. The maximum atomic E-state index is 2.29. The Morgan fingerprint density at radius 2 is 1.25 bits per heavy atom. The van der Waals surface area contributed by atoms with Crippen LogP contribution in [0, 0.1) is 0 Å². The third kappa shape index (κ3) is 7.55. The van der Waals surface area contributed by atoms with Gasteiger partial charge in [-0.05, 0) is 19.9 Å². The summed E-state index contributed by atoms with van der Waals surface area (Å²) in [7, 11) is 2.14. The Labute approximate surface area is 76.8 Å². The lowest BCUT2D eigenvalue weighted by atomic mass is 10.3. The maximum absolute atomic E-state index is 2.29. The molecule has 0 spiro atoms. The molecular weight excluding hydrogens is 146 g/mol. The van der Waals surface area contributed by atoms with E-state index >= 15 is 0 Å². The van der Waals surface area contributed by atoms with Crippen LogP contribution in [0.5, 0.6) is 0 Å². The molecule has 0 aromatic carbocycles. The normalized spacial score (nSPS) is 12.3. The zero-order chi connectivity index (χ0) is 9.23. The van der Waals surface area contributed by atoms with Crippen molar-refractivity contribution in [2.75, 3.05) is 20.1 Å². The molecule has 0 aliphatic rings. The average molecular weight is 167 g/mol. The molecule has 0 aliphatic carbocycles. The summed E-state index contributed by atoms with van der Waals surface area (Å²) in [5.74, 6) is 0. The van der Waals surface area contributed by atoms with Crippen LogP contribution in [0.1, 0.15) is 26.7 Å². The van der Waals surface area contributed by atoms with Crippen molar-refractivity contribution in [3.63, 3.8) is 0 Å². The second-order valence-corrected chi connectivity index (χ2v) is 2.98. The van der Waals surface area contributed by atoms with Gasteiger partial charge in [-0.1, -0.05) is 38.2 Å². The number of hydrogen-bond acceptors (Lipinski definition) is 1. The van der Waals surface area contributed by atoms with Gasteiger partial charge in [0.1, 0.15) is 0 Å². The van der Waals surface area contributed by atoms with Crippen LogP contribution in [-0.2, 0) is 0 Å². The highest BCUT2D eigenvalue weighted by molar-refractivity contribution is 4.87. The molecule has 1 nitrogen and oxygen atoms in total. The highest BCUT2D eigenvalue weighted by atomic mass is 15.1. The van der Waals surface area contributed by atoms with Crippen molar-refractivity contribution in [3.8, 4) is 0 Å². The molecule has 0 fully saturated rings. The predicted molar refractivity (Wildman–Crippen MR) is 56.4 cm³/mol. The summed E-state index contributed by atoms with van der Waals surface area (Å²) in [6.07, 6.45) is 11.1. The largest absolute Gasteiger partial charge is 0.299 e. The SMILES string of the molecule is CCC=CCN(C)CC=CCC. The molecule has 70 valence electrons. The van der Waals surface area contributed by atoms with Crippen molar-refractivity contribution >= 4 is 0 Å². The average Bonchev–Trinajstić information content (AvgIpc) is 2.06. The van der Waals surface area contributed by atoms with E-state index in [1.807, 2.05) is 0 Å². The number of hydrogen-bond donors (Lipinski definition) is 0. The Balaban J connectivity index is 3.39. The zero-order valence-electron chi connectivity index (χ0n) is 8.59. The quantitative estimate of drug-likeness (QED) is 0.550. The molecule has 1 heteroatoms. The van der Waals surface area contributed by atoms with Gasteiger partial charge in [-0.25, -0.2) is 0 Å². The van der Waals surface area contributed by atoms with Crippen LogP contribution in [0.2, 0.25) is 0 Å². The van der Waals surface area contributed by atoms with Crippen molar-refractivity contribution in [1.82, 2.24) is 4.90 Å². The Morgan fingerprint density at radius 1 is 0.833 bits per heavy atom. The molecule has 0 unspecified atom stereocenters. The zero-order valence-corrected chi connectivity index (χ0v) is 8.59. The molecule has 0 atom stereocenters. The summed E-state index contributed by atoms with van der Waals surface area (Å²) in [4.78, 5) is 2.29. The maximum Gasteiger partial charge on any atom is 0.0163 e. The van der Waals surface area contributed by atoms with E-state index in [-0.39, 0.29) is 0 Å². The molecule has 0 aromatic rings. The Kier molecular flexibility index (Phi) is 8.14. The van der Waals surface area contributed by atoms with Crippen molar-refractivity contribution in [2.24, 2.45) is 0 Å². The molecular formula is C11H21N. The van der Waals surface area contributed by atoms with E-state index in [4.69, 9.17) is 0 Å². The van der Waals surface area contributed by atoms with E-state index < -0.39 is 0 Å². The molecule has 0 heterocycles. The van der Waals surface area contributed by atoms with E-state index in [1.54, 1.807) is 0 Å². The first-order chi connectivity index (χ1) is 5.81. The smallest absolute Gasteiger partial charge is 0.0163 e. The van der Waals surface area contributed by atoms with Crippen molar-refractivity contribution in [1.29, 1.82) is 0 Å². The number of rotatable bonds is 6. The summed E-state index contributed by atoms with van der Waals surface area (Å²) < 4.78 is 0. The van der Waals surface area contributed by atoms with Gasteiger partial charge >= 0.3 is 0 Å². The van der Waals surface area contributed by atoms with E-state index in [0.717, 1.165) is 25.9 Å². The lowest BCUT2D eigenvalue weighted by molar-refractivity contribution is 0.412. The number of nitrogens with zero attached hydrogens (tertiary/aromatic N) is 1. The first-order valence-electron chi connectivity index (χ1n) is 4.79. The van der Waals surface area contributed by atoms with Crippen LogP contribution in [0.15, 0.2) is 24.3 Å². The van der Waals surface area contributed by atoms with Gasteiger partial charge in [0.2, 0.25) is 0 Å². The van der Waals surface area contributed by atoms with Crippen LogP contribution in [0.4, 0.5) is 0 Å². The van der Waals surface area contributed by atoms with Crippen LogP contribution < -0.4 is 0 Å². The highest BCUT2D eigenvalue weighted by Gasteiger charge is 1.88. The minimum atomic E-state index is 1.06. The molecule has 0 N–H and O–H groups in total. The summed E-state index contributed by atoms with van der Waals surface area (Å²) in [5.41, 5.74) is 0. The van der Waals surface area contributed by atoms with Crippen molar-refractivity contribution < 1.29 is 0 Å². The number of likely N-dealkylation sites (N-methyl/N-ethyl adjacent to an activating group) is 1. The van der Waals surface area contributed by atoms with E-state index in [1.165, 1.54) is 0 Å². The van der Waals surface area contributed by atoms with Crippen LogP contribution in [-0.4, -0.2) is 25.0 Å². The third-order valence-electron chi connectivity index (χ3n) is 1.64. The highest BCUT2D eigenvalue weighted by Crippen LogP contribution is 1.88. The summed E-state index contributed by atoms with van der Waals surface area (Å²) in [6, 6.07) is 0. The van der Waals surface area contributed by atoms with Crippen LogP contribution >= 0.6 is 0 Å². The minimum absolute atomic E-state index is 1.06. The first-order valence-corrected chi connectivity index (χ1v) is 4.79. The molecule has 0 saturated heterocycles. The summed E-state index contributed by atoms with van der Waals surface area (Å²) >= 11 is 0. The van der Waals surface area contributed by atoms with Gasteiger partial charge in [0, 0.05) is 13.1 Å². The van der Waals surface area contributed by atoms with Gasteiger partial charge in [0.15, 0.2) is 0 Å². The van der Waals surface area contributed by atoms with Crippen LogP contribution in [0.25, 0.3) is 0 Å². The lowest BCUT2D eigenvalue weighted by Gasteiger charge is -2.10. The second kappa shape index (κ2) is 8.54. The molecule has 0 bridgehead atoms. The van der Waals surface area contributed by atoms with Crippen molar-refractivity contribution in [2.45, 2.75) is 26.7 Å². The first kappa shape index (κ1) is 11.4. The standard InChI is InChI=1S/C11H21N/c1-4-6-8-10-12(3)11-9-7-5-2/h6-9H,4-5,10-11H2,1-3H3. The predicted octanol–water partition coefficient (Wildman–Crippen LogP) is 2.85. The van der Waals surface area contributed by atoms with Gasteiger partial charge in [-0.2, -0.15) is 0 Å². The molecule has 12 heavy (non-hydrogen) atoms. The molecule has 0 saturated carbocycles.